The Morgan fingerprint density at radius 1 is 1.41 bits per heavy atom. The second kappa shape index (κ2) is 6.32. The van der Waals surface area contributed by atoms with E-state index in [4.69, 9.17) is 4.74 Å². The van der Waals surface area contributed by atoms with Crippen LogP contribution in [0.15, 0.2) is 24.5 Å². The fourth-order valence-electron chi connectivity index (χ4n) is 1.79. The van der Waals surface area contributed by atoms with Crippen LogP contribution >= 0.6 is 0 Å². The topological polar surface area (TPSA) is 63.2 Å². The van der Waals surface area contributed by atoms with Crippen LogP contribution in [0.2, 0.25) is 0 Å². The van der Waals surface area contributed by atoms with Crippen LogP contribution in [0.3, 0.4) is 0 Å². The summed E-state index contributed by atoms with van der Waals surface area (Å²) < 4.78 is 5.54. The molecule has 92 valence electrons. The minimum absolute atomic E-state index is 0.150. The molecule has 0 spiro atoms. The zero-order valence-electron chi connectivity index (χ0n) is 9.69. The van der Waals surface area contributed by atoms with E-state index in [1.54, 1.807) is 24.5 Å². The zero-order valence-corrected chi connectivity index (χ0v) is 9.69. The Kier molecular flexibility index (Phi) is 4.46. The summed E-state index contributed by atoms with van der Waals surface area (Å²) in [6.07, 6.45) is 6.79. The van der Waals surface area contributed by atoms with Crippen LogP contribution in [-0.2, 0) is 4.74 Å². The minimum Gasteiger partial charge on any atom is -0.377 e. The number of pyridine rings is 1. The van der Waals surface area contributed by atoms with Crippen molar-refractivity contribution in [2.45, 2.75) is 25.4 Å². The number of nitrogens with one attached hydrogen (secondary N) is 2. The molecule has 17 heavy (non-hydrogen) atoms. The molecule has 0 saturated carbocycles. The highest BCUT2D eigenvalue weighted by molar-refractivity contribution is 5.93. The van der Waals surface area contributed by atoms with Gasteiger partial charge in [0.05, 0.1) is 6.10 Å². The molecule has 0 aromatic carbocycles. The molecule has 2 N–H and O–H groups in total. The Morgan fingerprint density at radius 2 is 2.24 bits per heavy atom. The molecule has 1 aliphatic heterocycles. The summed E-state index contributed by atoms with van der Waals surface area (Å²) in [6.45, 7) is 1.47. The highest BCUT2D eigenvalue weighted by Crippen LogP contribution is 2.11. The second-order valence-electron chi connectivity index (χ2n) is 4.06. The van der Waals surface area contributed by atoms with Gasteiger partial charge in [-0.3, -0.25) is 15.2 Å². The molecule has 1 aromatic rings. The molecule has 1 unspecified atom stereocenters. The molecule has 1 aromatic heterocycles. The van der Waals surface area contributed by atoms with Gasteiger partial charge in [-0.15, -0.1) is 0 Å². The van der Waals surface area contributed by atoms with Crippen LogP contribution < -0.4 is 10.9 Å². The fraction of sp³-hybridized carbons (Fsp3) is 0.500. The van der Waals surface area contributed by atoms with E-state index < -0.39 is 0 Å². The zero-order chi connectivity index (χ0) is 11.9. The van der Waals surface area contributed by atoms with Crippen molar-refractivity contribution in [2.24, 2.45) is 0 Å². The average Bonchev–Trinajstić information content (AvgIpc) is 2.41. The van der Waals surface area contributed by atoms with Crippen molar-refractivity contribution in [2.75, 3.05) is 13.2 Å². The number of nitrogens with zero attached hydrogens (tertiary/aromatic N) is 1. The number of ether oxygens (including phenoxy) is 1. The molecule has 0 radical (unpaired) electrons. The van der Waals surface area contributed by atoms with E-state index in [9.17, 15) is 4.79 Å². The first kappa shape index (κ1) is 12.0. The first-order chi connectivity index (χ1) is 8.36. The van der Waals surface area contributed by atoms with Gasteiger partial charge < -0.3 is 4.74 Å². The lowest BCUT2D eigenvalue weighted by molar-refractivity contribution is 0.0151. The second-order valence-corrected chi connectivity index (χ2v) is 4.06. The maximum atomic E-state index is 11.6. The number of hydrogen-bond acceptors (Lipinski definition) is 4. The van der Waals surface area contributed by atoms with Crippen molar-refractivity contribution in [1.29, 1.82) is 0 Å². The molecule has 5 nitrogen and oxygen atoms in total. The summed E-state index contributed by atoms with van der Waals surface area (Å²) in [5, 5.41) is 0. The number of hydrogen-bond donors (Lipinski definition) is 2. The number of amides is 1. The predicted molar refractivity (Wildman–Crippen MR) is 63.3 cm³/mol. The summed E-state index contributed by atoms with van der Waals surface area (Å²) in [6, 6.07) is 3.35. The summed E-state index contributed by atoms with van der Waals surface area (Å²) in [5.74, 6) is -0.150. The monoisotopic (exact) mass is 235 g/mol. The summed E-state index contributed by atoms with van der Waals surface area (Å²) >= 11 is 0. The molecule has 1 saturated heterocycles. The number of carbonyl (C=O) groups excluding carboxylic acids is 1. The predicted octanol–water partition coefficient (Wildman–Crippen LogP) is 0.885. The molecular formula is C12H17N3O2. The van der Waals surface area contributed by atoms with Gasteiger partial charge in [0, 0.05) is 31.1 Å². The molecular weight excluding hydrogens is 218 g/mol. The third-order valence-corrected chi connectivity index (χ3v) is 2.75. The van der Waals surface area contributed by atoms with E-state index in [1.807, 2.05) is 0 Å². The van der Waals surface area contributed by atoms with Gasteiger partial charge in [-0.1, -0.05) is 0 Å². The number of rotatable bonds is 4. The van der Waals surface area contributed by atoms with Crippen molar-refractivity contribution in [1.82, 2.24) is 15.8 Å². The Balaban J connectivity index is 1.69. The highest BCUT2D eigenvalue weighted by Gasteiger charge is 2.13. The minimum atomic E-state index is -0.150. The molecule has 2 heterocycles. The van der Waals surface area contributed by atoms with Gasteiger partial charge in [0.2, 0.25) is 0 Å². The molecule has 0 bridgehead atoms. The van der Waals surface area contributed by atoms with Gasteiger partial charge in [0.15, 0.2) is 0 Å². The van der Waals surface area contributed by atoms with E-state index >= 15 is 0 Å². The summed E-state index contributed by atoms with van der Waals surface area (Å²) in [5.41, 5.74) is 6.15. The number of aromatic nitrogens is 1. The third-order valence-electron chi connectivity index (χ3n) is 2.75. The van der Waals surface area contributed by atoms with Crippen molar-refractivity contribution in [3.05, 3.63) is 30.1 Å². The van der Waals surface area contributed by atoms with Gasteiger partial charge in [0.1, 0.15) is 0 Å². The molecule has 1 fully saturated rings. The van der Waals surface area contributed by atoms with Gasteiger partial charge in [0.25, 0.3) is 5.91 Å². The van der Waals surface area contributed by atoms with Gasteiger partial charge >= 0.3 is 0 Å². The molecule has 1 atom stereocenters. The maximum Gasteiger partial charge on any atom is 0.265 e. The van der Waals surface area contributed by atoms with Crippen molar-refractivity contribution in [3.63, 3.8) is 0 Å². The van der Waals surface area contributed by atoms with E-state index in [0.717, 1.165) is 19.4 Å². The summed E-state index contributed by atoms with van der Waals surface area (Å²) in [4.78, 5) is 15.5. The van der Waals surface area contributed by atoms with E-state index in [-0.39, 0.29) is 12.0 Å². The number of carbonyl (C=O) groups is 1. The fourth-order valence-corrected chi connectivity index (χ4v) is 1.79. The molecule has 1 amide bonds. The average molecular weight is 235 g/mol. The lowest BCUT2D eigenvalue weighted by atomic mass is 10.1. The maximum absolute atomic E-state index is 11.6. The number of hydrazine groups is 1. The molecule has 0 aliphatic carbocycles. The van der Waals surface area contributed by atoms with Gasteiger partial charge in [-0.2, -0.15) is 0 Å². The summed E-state index contributed by atoms with van der Waals surface area (Å²) in [7, 11) is 0. The smallest absolute Gasteiger partial charge is 0.265 e. The molecule has 5 heteroatoms. The van der Waals surface area contributed by atoms with Crippen molar-refractivity contribution < 1.29 is 9.53 Å². The Labute approximate surface area is 101 Å². The quantitative estimate of drug-likeness (QED) is 0.761. The molecule has 2 rings (SSSR count). The Bertz CT molecular complexity index is 350. The van der Waals surface area contributed by atoms with Crippen LogP contribution in [0.5, 0.6) is 0 Å². The van der Waals surface area contributed by atoms with Crippen LogP contribution in [-0.4, -0.2) is 30.1 Å². The van der Waals surface area contributed by atoms with Crippen LogP contribution in [0.4, 0.5) is 0 Å². The largest absolute Gasteiger partial charge is 0.377 e. The standard InChI is InChI=1S/C12H17N3O2/c16-12(10-4-6-13-7-5-10)15-14-9-11-3-1-2-8-17-11/h4-7,11,14H,1-3,8-9H2,(H,15,16). The first-order valence-corrected chi connectivity index (χ1v) is 5.91. The SMILES string of the molecule is O=C(NNCC1CCCCO1)c1ccncc1. The van der Waals surface area contributed by atoms with Crippen LogP contribution in [0.1, 0.15) is 29.6 Å². The van der Waals surface area contributed by atoms with E-state index in [1.165, 1.54) is 6.42 Å². The van der Waals surface area contributed by atoms with Crippen molar-refractivity contribution in [3.8, 4) is 0 Å². The van der Waals surface area contributed by atoms with Crippen molar-refractivity contribution >= 4 is 5.91 Å². The first-order valence-electron chi connectivity index (χ1n) is 5.91. The van der Waals surface area contributed by atoms with Gasteiger partial charge in [-0.05, 0) is 31.4 Å². The lowest BCUT2D eigenvalue weighted by Crippen LogP contribution is -2.43. The Hall–Kier alpha value is -1.46. The Morgan fingerprint density at radius 3 is 2.94 bits per heavy atom. The van der Waals surface area contributed by atoms with E-state index in [0.29, 0.717) is 12.1 Å². The molecule has 1 aliphatic rings. The highest BCUT2D eigenvalue weighted by atomic mass is 16.5. The lowest BCUT2D eigenvalue weighted by Gasteiger charge is -2.22. The van der Waals surface area contributed by atoms with E-state index in [2.05, 4.69) is 15.8 Å². The van der Waals surface area contributed by atoms with Crippen LogP contribution in [0.25, 0.3) is 0 Å². The van der Waals surface area contributed by atoms with Crippen LogP contribution in [0, 0.1) is 0 Å². The van der Waals surface area contributed by atoms with Gasteiger partial charge in [-0.25, -0.2) is 5.43 Å². The third kappa shape index (κ3) is 3.80. The normalized spacial score (nSPS) is 19.9.